The highest BCUT2D eigenvalue weighted by Gasteiger charge is 2.28. The lowest BCUT2D eigenvalue weighted by Crippen LogP contribution is -2.38. The van der Waals surface area contributed by atoms with Crippen molar-refractivity contribution in [1.29, 1.82) is 0 Å². The Morgan fingerprint density at radius 3 is 3.00 bits per heavy atom. The van der Waals surface area contributed by atoms with E-state index in [1.165, 1.54) is 0 Å². The van der Waals surface area contributed by atoms with E-state index in [-0.39, 0.29) is 17.9 Å². The fraction of sp³-hybridized carbons (Fsp3) is 0.571. The minimum Gasteiger partial charge on any atom is -0.508 e. The number of ether oxygens (including phenoxy) is 1. The number of phenolic OH excluding ortho intramolecular Hbond substituents is 1. The average Bonchev–Trinajstić information content (AvgIpc) is 2.72. The Bertz CT molecular complexity index is 435. The maximum Gasteiger partial charge on any atom is 0.127 e. The molecule has 0 spiro atoms. The molecule has 3 unspecified atom stereocenters. The van der Waals surface area contributed by atoms with E-state index in [0.29, 0.717) is 12.6 Å². The molecule has 1 heterocycles. The van der Waals surface area contributed by atoms with E-state index in [1.807, 2.05) is 6.07 Å². The molecule has 0 radical (unpaired) electrons. The number of aliphatic hydroxyl groups excluding tert-OH is 1. The van der Waals surface area contributed by atoms with Crippen LogP contribution in [-0.2, 0) is 0 Å². The van der Waals surface area contributed by atoms with Crippen molar-refractivity contribution in [3.8, 4) is 11.5 Å². The summed E-state index contributed by atoms with van der Waals surface area (Å²) < 4.78 is 5.58. The summed E-state index contributed by atoms with van der Waals surface area (Å²) in [6.07, 6.45) is 3.77. The van der Waals surface area contributed by atoms with Crippen LogP contribution in [0.25, 0.3) is 0 Å². The van der Waals surface area contributed by atoms with Gasteiger partial charge in [0.15, 0.2) is 0 Å². The Morgan fingerprint density at radius 1 is 1.28 bits per heavy atom. The third kappa shape index (κ3) is 2.31. The number of hydrogen-bond donors (Lipinski definition) is 3. The monoisotopic (exact) mass is 249 g/mol. The lowest BCUT2D eigenvalue weighted by atomic mass is 9.92. The van der Waals surface area contributed by atoms with Gasteiger partial charge in [-0.15, -0.1) is 0 Å². The fourth-order valence-corrected chi connectivity index (χ4v) is 2.94. The predicted octanol–water partition coefficient (Wildman–Crippen LogP) is 1.72. The quantitative estimate of drug-likeness (QED) is 0.747. The minimum atomic E-state index is -0.169. The lowest BCUT2D eigenvalue weighted by Gasteiger charge is -2.29. The van der Waals surface area contributed by atoms with Gasteiger partial charge in [-0.3, -0.25) is 0 Å². The van der Waals surface area contributed by atoms with Crippen LogP contribution in [-0.4, -0.2) is 29.0 Å². The van der Waals surface area contributed by atoms with Crippen molar-refractivity contribution < 1.29 is 14.9 Å². The van der Waals surface area contributed by atoms with E-state index < -0.39 is 0 Å². The second-order valence-corrected chi connectivity index (χ2v) is 5.27. The van der Waals surface area contributed by atoms with E-state index in [1.54, 1.807) is 12.1 Å². The van der Waals surface area contributed by atoms with Gasteiger partial charge >= 0.3 is 0 Å². The molecule has 3 rings (SSSR count). The number of hydrogen-bond acceptors (Lipinski definition) is 4. The van der Waals surface area contributed by atoms with Gasteiger partial charge < -0.3 is 20.3 Å². The molecule has 1 aromatic rings. The Morgan fingerprint density at radius 2 is 2.17 bits per heavy atom. The van der Waals surface area contributed by atoms with E-state index >= 15 is 0 Å². The summed E-state index contributed by atoms with van der Waals surface area (Å²) in [7, 11) is 0. The van der Waals surface area contributed by atoms with E-state index in [9.17, 15) is 10.2 Å². The van der Waals surface area contributed by atoms with Crippen LogP contribution in [0.5, 0.6) is 11.5 Å². The molecule has 1 saturated carbocycles. The van der Waals surface area contributed by atoms with Crippen LogP contribution in [0.15, 0.2) is 18.2 Å². The largest absolute Gasteiger partial charge is 0.508 e. The second kappa shape index (κ2) is 4.78. The van der Waals surface area contributed by atoms with Gasteiger partial charge in [0.1, 0.15) is 18.1 Å². The van der Waals surface area contributed by atoms with Crippen LogP contribution in [0.4, 0.5) is 0 Å². The lowest BCUT2D eigenvalue weighted by molar-refractivity contribution is 0.107. The molecule has 0 aromatic heterocycles. The zero-order chi connectivity index (χ0) is 12.5. The van der Waals surface area contributed by atoms with Crippen LogP contribution in [0.3, 0.4) is 0 Å². The van der Waals surface area contributed by atoms with Gasteiger partial charge in [0.2, 0.25) is 0 Å². The number of fused-ring (bicyclic) bond motifs is 1. The van der Waals surface area contributed by atoms with Crippen LogP contribution in [0, 0.1) is 0 Å². The maximum absolute atomic E-state index is 9.68. The minimum absolute atomic E-state index is 0.169. The molecule has 18 heavy (non-hydrogen) atoms. The molecule has 2 aliphatic rings. The fourth-order valence-electron chi connectivity index (χ4n) is 2.94. The average molecular weight is 249 g/mol. The molecule has 3 atom stereocenters. The summed E-state index contributed by atoms with van der Waals surface area (Å²) in [6, 6.07) is 5.80. The molecular weight excluding hydrogens is 230 g/mol. The van der Waals surface area contributed by atoms with Crippen molar-refractivity contribution in [1.82, 2.24) is 5.32 Å². The molecule has 1 fully saturated rings. The summed E-state index contributed by atoms with van der Waals surface area (Å²) in [5, 5.41) is 22.6. The molecule has 1 aromatic carbocycles. The van der Waals surface area contributed by atoms with Gasteiger partial charge in [0.25, 0.3) is 0 Å². The first-order valence-electron chi connectivity index (χ1n) is 6.62. The molecule has 3 N–H and O–H groups in total. The Labute approximate surface area is 107 Å². The summed E-state index contributed by atoms with van der Waals surface area (Å²) in [5.74, 6) is 1.01. The number of nitrogens with one attached hydrogen (secondary N) is 1. The third-order valence-corrected chi connectivity index (χ3v) is 3.86. The third-order valence-electron chi connectivity index (χ3n) is 3.86. The number of aliphatic hydroxyl groups is 1. The smallest absolute Gasteiger partial charge is 0.127 e. The van der Waals surface area contributed by atoms with Gasteiger partial charge in [0, 0.05) is 17.7 Å². The number of benzene rings is 1. The van der Waals surface area contributed by atoms with Crippen molar-refractivity contribution in [2.75, 3.05) is 6.61 Å². The van der Waals surface area contributed by atoms with Crippen molar-refractivity contribution in [3.63, 3.8) is 0 Å². The molecular formula is C14H19NO3. The number of phenols is 1. The topological polar surface area (TPSA) is 61.7 Å². The van der Waals surface area contributed by atoms with Crippen LogP contribution >= 0.6 is 0 Å². The maximum atomic E-state index is 9.68. The summed E-state index contributed by atoms with van der Waals surface area (Å²) in [4.78, 5) is 0. The molecule has 1 aliphatic heterocycles. The highest BCUT2D eigenvalue weighted by molar-refractivity contribution is 5.44. The first-order valence-corrected chi connectivity index (χ1v) is 6.62. The highest BCUT2D eigenvalue weighted by atomic mass is 16.5. The van der Waals surface area contributed by atoms with Crippen LogP contribution in [0.2, 0.25) is 0 Å². The SMILES string of the molecule is Oc1ccc2c(c1)OCC2NC1CCCC(O)C1. The van der Waals surface area contributed by atoms with Crippen molar-refractivity contribution in [2.24, 2.45) is 0 Å². The van der Waals surface area contributed by atoms with Crippen molar-refractivity contribution in [3.05, 3.63) is 23.8 Å². The first kappa shape index (κ1) is 11.8. The Kier molecular flexibility index (Phi) is 3.14. The summed E-state index contributed by atoms with van der Waals surface area (Å²) >= 11 is 0. The van der Waals surface area contributed by atoms with Crippen LogP contribution < -0.4 is 10.1 Å². The normalized spacial score (nSPS) is 30.8. The van der Waals surface area contributed by atoms with Crippen LogP contribution in [0.1, 0.15) is 37.3 Å². The first-order chi connectivity index (χ1) is 8.72. The Hall–Kier alpha value is -1.26. The zero-order valence-electron chi connectivity index (χ0n) is 10.3. The Balaban J connectivity index is 1.69. The molecule has 0 saturated heterocycles. The van der Waals surface area contributed by atoms with E-state index in [4.69, 9.17) is 4.74 Å². The predicted molar refractivity (Wildman–Crippen MR) is 67.7 cm³/mol. The van der Waals surface area contributed by atoms with Crippen molar-refractivity contribution in [2.45, 2.75) is 43.9 Å². The molecule has 4 nitrogen and oxygen atoms in total. The summed E-state index contributed by atoms with van der Waals surface area (Å²) in [5.41, 5.74) is 1.10. The zero-order valence-corrected chi connectivity index (χ0v) is 10.3. The van der Waals surface area contributed by atoms with E-state index in [0.717, 1.165) is 37.0 Å². The highest BCUT2D eigenvalue weighted by Crippen LogP contribution is 2.35. The molecule has 4 heteroatoms. The van der Waals surface area contributed by atoms with Gasteiger partial charge in [-0.05, 0) is 37.8 Å². The van der Waals surface area contributed by atoms with Gasteiger partial charge in [0.05, 0.1) is 12.1 Å². The van der Waals surface area contributed by atoms with E-state index in [2.05, 4.69) is 5.32 Å². The standard InChI is InChI=1S/C14H19NO3/c16-10-3-1-2-9(6-10)15-13-8-18-14-7-11(17)4-5-12(13)14/h4-5,7,9-10,13,15-17H,1-3,6,8H2. The number of rotatable bonds is 2. The summed E-state index contributed by atoms with van der Waals surface area (Å²) in [6.45, 7) is 0.603. The van der Waals surface area contributed by atoms with Gasteiger partial charge in [-0.1, -0.05) is 0 Å². The van der Waals surface area contributed by atoms with Crippen molar-refractivity contribution >= 4 is 0 Å². The molecule has 0 amide bonds. The van der Waals surface area contributed by atoms with Gasteiger partial charge in [-0.2, -0.15) is 0 Å². The molecule has 1 aliphatic carbocycles. The number of aromatic hydroxyl groups is 1. The molecule has 0 bridgehead atoms. The second-order valence-electron chi connectivity index (χ2n) is 5.27. The molecule has 98 valence electrons. The van der Waals surface area contributed by atoms with Gasteiger partial charge in [-0.25, -0.2) is 0 Å².